The summed E-state index contributed by atoms with van der Waals surface area (Å²) in [6, 6.07) is 15.9. The predicted molar refractivity (Wildman–Crippen MR) is 293 cm³/mol. The molecule has 6 aromatic rings. The van der Waals surface area contributed by atoms with E-state index < -0.39 is 62.7 Å². The Balaban J connectivity index is 0.000000216. The van der Waals surface area contributed by atoms with Crippen LogP contribution >= 0.6 is 45.3 Å². The molecule has 5 N–H and O–H groups in total. The third-order valence-electron chi connectivity index (χ3n) is 10.7. The first-order valence-corrected chi connectivity index (χ1v) is 31.2. The molecule has 6 heterocycles. The SMILES string of the molecule is CC(C)CCn1nc(-c2cccs2)c(O)c(C2=NS(=O)(=O)c3cc(I)ccc3N2)c1=O.CC(C)CCn1nc(-c2cccs2)c(O)c(C2=NS(=O)(=O)c3cc(N(C)S(C)(=O)=O)ccc3N2)c1=O.CNS(C)(=O)=O. The van der Waals surface area contributed by atoms with Gasteiger partial charge in [-0.2, -0.15) is 27.0 Å². The number of rotatable bonds is 13. The quantitative estimate of drug-likeness (QED) is 0.0862. The fourth-order valence-electron chi connectivity index (χ4n) is 6.66. The van der Waals surface area contributed by atoms with Crippen molar-refractivity contribution in [3.05, 3.63) is 107 Å². The highest BCUT2D eigenvalue weighted by atomic mass is 127. The monoisotopic (exact) mass is 1230 g/mol. The summed E-state index contributed by atoms with van der Waals surface area (Å²) in [4.78, 5) is 27.6. The maximum absolute atomic E-state index is 13.4. The molecule has 0 spiro atoms. The Hall–Kier alpha value is -5.57. The number of aromatic hydroxyl groups is 2. The highest BCUT2D eigenvalue weighted by Gasteiger charge is 2.33. The van der Waals surface area contributed by atoms with Crippen molar-refractivity contribution in [2.75, 3.05) is 41.5 Å². The lowest BCUT2D eigenvalue weighted by molar-refractivity contribution is 0.443. The Labute approximate surface area is 443 Å². The first-order chi connectivity index (χ1) is 34.0. The summed E-state index contributed by atoms with van der Waals surface area (Å²) < 4.78 is 109. The van der Waals surface area contributed by atoms with Gasteiger partial charge in [-0.15, -0.1) is 31.5 Å². The molecule has 0 saturated carbocycles. The van der Waals surface area contributed by atoms with Gasteiger partial charge in [0.05, 0.1) is 39.3 Å². The Morgan fingerprint density at radius 2 is 1.12 bits per heavy atom. The summed E-state index contributed by atoms with van der Waals surface area (Å²) in [5.41, 5.74) is -0.952. The third kappa shape index (κ3) is 13.4. The van der Waals surface area contributed by atoms with E-state index in [2.05, 4.69) is 34.3 Å². The van der Waals surface area contributed by atoms with Crippen molar-refractivity contribution in [3.8, 4) is 32.6 Å². The van der Waals surface area contributed by atoms with E-state index in [9.17, 15) is 53.5 Å². The van der Waals surface area contributed by atoms with Gasteiger partial charge in [0.2, 0.25) is 20.0 Å². The fraction of sp³-hybridized carbons (Fsp3) is 0.318. The molecule has 0 saturated heterocycles. The van der Waals surface area contributed by atoms with Gasteiger partial charge in [-0.1, -0.05) is 39.8 Å². The molecular weight excluding hydrogens is 1180 g/mol. The number of fused-ring (bicyclic) bond motifs is 2. The molecule has 4 aromatic heterocycles. The van der Waals surface area contributed by atoms with Gasteiger partial charge in [0.1, 0.15) is 32.3 Å². The highest BCUT2D eigenvalue weighted by molar-refractivity contribution is 14.1. The lowest BCUT2D eigenvalue weighted by Crippen LogP contribution is -2.34. The van der Waals surface area contributed by atoms with Crippen LogP contribution < -0.4 is 30.8 Å². The van der Waals surface area contributed by atoms with E-state index in [-0.39, 0.29) is 67.8 Å². The average Bonchev–Trinajstić information content (AvgIpc) is 4.04. The number of thiophene rings is 2. The molecule has 29 heteroatoms. The molecule has 0 atom stereocenters. The zero-order valence-electron chi connectivity index (χ0n) is 40.3. The number of nitrogens with one attached hydrogen (secondary N) is 3. The van der Waals surface area contributed by atoms with E-state index >= 15 is 0 Å². The second-order valence-electron chi connectivity index (χ2n) is 17.1. The van der Waals surface area contributed by atoms with E-state index in [1.807, 2.05) is 61.7 Å². The zero-order chi connectivity index (χ0) is 54.0. The first kappa shape index (κ1) is 56.7. The Morgan fingerprint density at radius 3 is 1.49 bits per heavy atom. The van der Waals surface area contributed by atoms with E-state index in [4.69, 9.17) is 0 Å². The number of hydrogen-bond donors (Lipinski definition) is 5. The van der Waals surface area contributed by atoms with Crippen molar-refractivity contribution < 1.29 is 43.9 Å². The second kappa shape index (κ2) is 22.5. The van der Waals surface area contributed by atoms with Crippen LogP contribution in [0.2, 0.25) is 0 Å². The molecular formula is C44H51IN10O12S6. The Bertz CT molecular complexity index is 3710. The fourth-order valence-corrected chi connectivity index (χ4v) is 11.6. The summed E-state index contributed by atoms with van der Waals surface area (Å²) in [5.74, 6) is -0.832. The number of halogens is 1. The van der Waals surface area contributed by atoms with Gasteiger partial charge in [0.15, 0.2) is 23.2 Å². The smallest absolute Gasteiger partial charge is 0.286 e. The van der Waals surface area contributed by atoms with Gasteiger partial charge < -0.3 is 20.8 Å². The average molecular weight is 1230 g/mol. The van der Waals surface area contributed by atoms with E-state index in [0.717, 1.165) is 20.4 Å². The number of benzene rings is 2. The molecule has 0 unspecified atom stereocenters. The molecule has 0 fully saturated rings. The molecule has 8 rings (SSSR count). The maximum atomic E-state index is 13.4. The zero-order valence-corrected chi connectivity index (χ0v) is 47.4. The number of amidine groups is 2. The van der Waals surface area contributed by atoms with Crippen LogP contribution in [0.25, 0.3) is 21.1 Å². The molecule has 73 heavy (non-hydrogen) atoms. The number of aryl methyl sites for hydroxylation is 2. The van der Waals surface area contributed by atoms with Gasteiger partial charge >= 0.3 is 0 Å². The van der Waals surface area contributed by atoms with Crippen molar-refractivity contribution in [1.82, 2.24) is 24.3 Å². The predicted octanol–water partition coefficient (Wildman–Crippen LogP) is 5.73. The van der Waals surface area contributed by atoms with Gasteiger partial charge in [-0.05, 0) is 114 Å². The summed E-state index contributed by atoms with van der Waals surface area (Å²) in [5, 5.41) is 40.1. The Kier molecular flexibility index (Phi) is 17.5. The minimum absolute atomic E-state index is 0.0234. The topological polar surface area (TPSA) is 311 Å². The molecule has 0 aliphatic carbocycles. The van der Waals surface area contributed by atoms with E-state index in [1.54, 1.807) is 35.7 Å². The molecule has 2 aliphatic rings. The van der Waals surface area contributed by atoms with Gasteiger partial charge in [0.25, 0.3) is 31.2 Å². The number of anilines is 3. The third-order valence-corrected chi connectivity index (χ3v) is 17.7. The van der Waals surface area contributed by atoms with Crippen LogP contribution in [0.3, 0.4) is 0 Å². The van der Waals surface area contributed by atoms with Crippen LogP contribution in [0.5, 0.6) is 11.5 Å². The standard InChI is InChI=1S/C22H25N5O6S3.C20H19IN4O4S2.C2H7NO2S/c1-13(2)9-10-27-22(29)18(20(28)19(24-27)16-6-5-11-34-16)21-23-15-8-7-14(26(3)35(4,30)31)12-17(15)36(32,33)25-21;1-11(2)7-8-25-20(27)16(18(26)17(23-25)14-4-3-9-30-14)19-22-13-6-5-12(21)10-15(13)31(28,29)24-19;1-3-6(2,4)5/h5-8,11-13,28H,9-10H2,1-4H3,(H,23,25);3-6,9-11,26H,7-8H2,1-2H3,(H,22,24);3H,1-2H3. The molecule has 392 valence electrons. The largest absolute Gasteiger partial charge is 0.505 e. The first-order valence-electron chi connectivity index (χ1n) is 21.8. The van der Waals surface area contributed by atoms with Crippen molar-refractivity contribution in [2.45, 2.75) is 63.4 Å². The van der Waals surface area contributed by atoms with Crippen molar-refractivity contribution in [2.24, 2.45) is 20.6 Å². The van der Waals surface area contributed by atoms with Crippen LogP contribution in [-0.2, 0) is 53.2 Å². The van der Waals surface area contributed by atoms with E-state index in [1.165, 1.54) is 70.4 Å². The van der Waals surface area contributed by atoms with Crippen molar-refractivity contribution in [1.29, 1.82) is 0 Å². The number of sulfonamides is 4. The van der Waals surface area contributed by atoms with Crippen LogP contribution in [0.1, 0.15) is 51.7 Å². The van der Waals surface area contributed by atoms with Crippen LogP contribution in [-0.4, -0.2) is 102 Å². The minimum atomic E-state index is -4.35. The lowest BCUT2D eigenvalue weighted by Gasteiger charge is -2.22. The van der Waals surface area contributed by atoms with Crippen molar-refractivity contribution in [3.63, 3.8) is 0 Å². The Morgan fingerprint density at radius 1 is 0.712 bits per heavy atom. The molecule has 2 aliphatic heterocycles. The minimum Gasteiger partial charge on any atom is -0.505 e. The maximum Gasteiger partial charge on any atom is 0.286 e. The number of hydrogen-bond acceptors (Lipinski definition) is 18. The van der Waals surface area contributed by atoms with Crippen LogP contribution in [0, 0.1) is 15.4 Å². The normalized spacial score (nSPS) is 14.5. The van der Waals surface area contributed by atoms with Gasteiger partial charge in [-0.3, -0.25) is 13.9 Å². The molecule has 0 bridgehead atoms. The molecule has 0 radical (unpaired) electrons. The lowest BCUT2D eigenvalue weighted by atomic mass is 10.1. The van der Waals surface area contributed by atoms with E-state index in [0.29, 0.717) is 40.7 Å². The van der Waals surface area contributed by atoms with Gasteiger partial charge in [-0.25, -0.2) is 30.9 Å². The summed E-state index contributed by atoms with van der Waals surface area (Å²) in [6.07, 6.45) is 3.43. The highest BCUT2D eigenvalue weighted by Crippen LogP contribution is 2.38. The molecule has 22 nitrogen and oxygen atoms in total. The number of nitrogens with zero attached hydrogens (tertiary/aromatic N) is 7. The molecule has 0 amide bonds. The summed E-state index contributed by atoms with van der Waals surface area (Å²) in [6.45, 7) is 8.65. The van der Waals surface area contributed by atoms with Crippen LogP contribution in [0.15, 0.2) is 99.6 Å². The van der Waals surface area contributed by atoms with Gasteiger partial charge in [0, 0.05) is 23.7 Å². The number of aromatic nitrogens is 4. The van der Waals surface area contributed by atoms with Crippen LogP contribution in [0.4, 0.5) is 17.1 Å². The molecule has 2 aromatic carbocycles. The summed E-state index contributed by atoms with van der Waals surface area (Å²) >= 11 is 4.68. The summed E-state index contributed by atoms with van der Waals surface area (Å²) in [7, 11) is -12.3. The second-order valence-corrected chi connectivity index (χ2v) is 27.4. The van der Waals surface area contributed by atoms with Crippen molar-refractivity contribution >= 4 is 114 Å².